The average Bonchev–Trinajstić information content (AvgIpc) is 3.52. The van der Waals surface area contributed by atoms with Crippen molar-refractivity contribution in [3.63, 3.8) is 0 Å². The lowest BCUT2D eigenvalue weighted by atomic mass is 9.97. The zero-order valence-electron chi connectivity index (χ0n) is 21.7. The van der Waals surface area contributed by atoms with Crippen LogP contribution in [0.2, 0.25) is 0 Å². The first-order chi connectivity index (χ1) is 18.3. The molecule has 5 rings (SSSR count). The number of anilines is 2. The first-order valence-electron chi connectivity index (χ1n) is 12.4. The summed E-state index contributed by atoms with van der Waals surface area (Å²) in [4.78, 5) is 35.7. The number of nitrogen functional groups attached to an aromatic ring is 1. The number of aryl methyl sites for hydroxylation is 1. The number of carbonyl (C=O) groups excluding carboxylic acids is 2. The Morgan fingerprint density at radius 2 is 1.76 bits per heavy atom. The largest absolute Gasteiger partial charge is 0.383 e. The number of aromatic nitrogens is 3. The monoisotopic (exact) mass is 510 g/mol. The molecule has 1 aliphatic heterocycles. The van der Waals surface area contributed by atoms with Gasteiger partial charge in [-0.3, -0.25) is 9.59 Å². The summed E-state index contributed by atoms with van der Waals surface area (Å²) in [7, 11) is 3.61. The minimum atomic E-state index is -0.229. The van der Waals surface area contributed by atoms with E-state index >= 15 is 0 Å². The van der Waals surface area contributed by atoms with E-state index in [1.807, 2.05) is 65.0 Å². The molecule has 2 aromatic carbocycles. The third-order valence-electron chi connectivity index (χ3n) is 6.99. The van der Waals surface area contributed by atoms with E-state index in [1.165, 1.54) is 6.33 Å². The van der Waals surface area contributed by atoms with E-state index in [1.54, 1.807) is 14.0 Å². The molecular formula is C29H30N6O3. The van der Waals surface area contributed by atoms with Crippen LogP contribution in [0.15, 0.2) is 67.0 Å². The molecule has 3 heterocycles. The molecule has 0 aliphatic carbocycles. The van der Waals surface area contributed by atoms with E-state index in [0.29, 0.717) is 41.4 Å². The van der Waals surface area contributed by atoms with Gasteiger partial charge in [0.05, 0.1) is 17.2 Å². The molecule has 38 heavy (non-hydrogen) atoms. The normalized spacial score (nSPS) is 15.1. The highest BCUT2D eigenvalue weighted by Crippen LogP contribution is 2.41. The number of hydrogen-bond acceptors (Lipinski definition) is 6. The van der Waals surface area contributed by atoms with Crippen LogP contribution in [0, 0.1) is 0 Å². The summed E-state index contributed by atoms with van der Waals surface area (Å²) in [5, 5.41) is 3.57. The number of carbonyl (C=O) groups is 2. The molecule has 2 aromatic heterocycles. The Bertz CT molecular complexity index is 1540. The van der Waals surface area contributed by atoms with Gasteiger partial charge in [0.25, 0.3) is 11.8 Å². The molecule has 0 saturated carbocycles. The summed E-state index contributed by atoms with van der Waals surface area (Å²) in [5.41, 5.74) is 12.3. The molecular weight excluding hydrogens is 480 g/mol. The molecule has 1 atom stereocenters. The zero-order valence-corrected chi connectivity index (χ0v) is 21.7. The van der Waals surface area contributed by atoms with Gasteiger partial charge in [0, 0.05) is 49.6 Å². The number of methoxy groups -OCH3 is 1. The predicted octanol–water partition coefficient (Wildman–Crippen LogP) is 4.26. The van der Waals surface area contributed by atoms with Gasteiger partial charge in [0.2, 0.25) is 0 Å². The second-order valence-corrected chi connectivity index (χ2v) is 9.53. The first kappa shape index (κ1) is 25.2. The highest BCUT2D eigenvalue weighted by Gasteiger charge is 2.27. The van der Waals surface area contributed by atoms with Gasteiger partial charge in [-0.1, -0.05) is 30.8 Å². The molecule has 0 radical (unpaired) electrons. The summed E-state index contributed by atoms with van der Waals surface area (Å²) in [6, 6.07) is 15.1. The number of ether oxygens (including phenoxy) is 1. The fraction of sp³-hybridized carbons (Fsp3) is 0.241. The van der Waals surface area contributed by atoms with Crippen LogP contribution >= 0.6 is 0 Å². The summed E-state index contributed by atoms with van der Waals surface area (Å²) < 4.78 is 7.39. The minimum Gasteiger partial charge on any atom is -0.383 e. The van der Waals surface area contributed by atoms with Crippen molar-refractivity contribution >= 4 is 34.4 Å². The molecule has 0 spiro atoms. The molecule has 194 valence electrons. The van der Waals surface area contributed by atoms with Crippen LogP contribution in [0.5, 0.6) is 0 Å². The number of nitrogens with two attached hydrogens (primary N) is 1. The summed E-state index contributed by atoms with van der Waals surface area (Å²) in [5.74, 6) is 0.136. The number of rotatable bonds is 6. The smallest absolute Gasteiger partial charge is 0.253 e. The number of likely N-dealkylation sites (tertiary alicyclic amines) is 1. The van der Waals surface area contributed by atoms with E-state index in [-0.39, 0.29) is 17.9 Å². The minimum absolute atomic E-state index is 0.00973. The molecule has 0 unspecified atom stereocenters. The van der Waals surface area contributed by atoms with Gasteiger partial charge in [-0.2, -0.15) is 0 Å². The van der Waals surface area contributed by atoms with E-state index in [4.69, 9.17) is 10.5 Å². The van der Waals surface area contributed by atoms with Gasteiger partial charge in [0.1, 0.15) is 17.8 Å². The summed E-state index contributed by atoms with van der Waals surface area (Å²) >= 11 is 0. The van der Waals surface area contributed by atoms with Crippen LogP contribution in [0.3, 0.4) is 0 Å². The van der Waals surface area contributed by atoms with Crippen LogP contribution in [-0.2, 0) is 16.6 Å². The lowest BCUT2D eigenvalue weighted by Crippen LogP contribution is -2.29. The number of fused-ring (bicyclic) bond motifs is 1. The molecule has 4 aromatic rings. The van der Waals surface area contributed by atoms with Gasteiger partial charge in [-0.15, -0.1) is 0 Å². The summed E-state index contributed by atoms with van der Waals surface area (Å²) in [6.45, 7) is 6.63. The van der Waals surface area contributed by atoms with Crippen molar-refractivity contribution < 1.29 is 14.3 Å². The van der Waals surface area contributed by atoms with Crippen LogP contribution < -0.4 is 11.1 Å². The Morgan fingerprint density at radius 1 is 1.08 bits per heavy atom. The predicted molar refractivity (Wildman–Crippen MR) is 149 cm³/mol. The SMILES string of the molecule is C=C(C)C(=O)Nc1ccc(-c2c(-c3ccc(C(=O)N4CC[C@H](OC)C4)cc3)c3c(N)ncnc3n2C)cc1. The molecule has 1 saturated heterocycles. The van der Waals surface area contributed by atoms with E-state index in [0.717, 1.165) is 34.2 Å². The fourth-order valence-electron chi connectivity index (χ4n) is 4.91. The third-order valence-corrected chi connectivity index (χ3v) is 6.99. The molecule has 2 amide bonds. The molecule has 9 heteroatoms. The maximum atomic E-state index is 13.1. The van der Waals surface area contributed by atoms with Crippen LogP contribution in [0.25, 0.3) is 33.4 Å². The Morgan fingerprint density at radius 3 is 2.39 bits per heavy atom. The zero-order chi connectivity index (χ0) is 27.0. The van der Waals surface area contributed by atoms with Crippen molar-refractivity contribution in [3.8, 4) is 22.4 Å². The second kappa shape index (κ2) is 10.1. The lowest BCUT2D eigenvalue weighted by Gasteiger charge is -2.16. The van der Waals surface area contributed by atoms with Gasteiger partial charge in [0.15, 0.2) is 0 Å². The third kappa shape index (κ3) is 4.52. The number of nitrogens with zero attached hydrogens (tertiary/aromatic N) is 4. The maximum Gasteiger partial charge on any atom is 0.253 e. The Balaban J connectivity index is 1.55. The van der Waals surface area contributed by atoms with Crippen molar-refractivity contribution in [3.05, 3.63) is 72.6 Å². The van der Waals surface area contributed by atoms with Crippen LogP contribution in [0.1, 0.15) is 23.7 Å². The molecule has 1 aliphatic rings. The highest BCUT2D eigenvalue weighted by atomic mass is 16.5. The number of hydrogen-bond donors (Lipinski definition) is 2. The Kier molecular flexibility index (Phi) is 6.69. The Labute approximate surface area is 220 Å². The van der Waals surface area contributed by atoms with Gasteiger partial charge in [-0.05, 0) is 48.7 Å². The maximum absolute atomic E-state index is 13.1. The number of benzene rings is 2. The fourth-order valence-corrected chi connectivity index (χ4v) is 4.91. The highest BCUT2D eigenvalue weighted by molar-refractivity contribution is 6.08. The number of nitrogens with one attached hydrogen (secondary N) is 1. The van der Waals surface area contributed by atoms with Crippen LogP contribution in [0.4, 0.5) is 11.5 Å². The van der Waals surface area contributed by atoms with Gasteiger partial charge >= 0.3 is 0 Å². The van der Waals surface area contributed by atoms with Gasteiger partial charge in [-0.25, -0.2) is 9.97 Å². The van der Waals surface area contributed by atoms with Crippen LogP contribution in [-0.4, -0.2) is 57.6 Å². The van der Waals surface area contributed by atoms with Crippen molar-refractivity contribution in [1.29, 1.82) is 0 Å². The average molecular weight is 511 g/mol. The lowest BCUT2D eigenvalue weighted by molar-refractivity contribution is -0.112. The molecule has 1 fully saturated rings. The van der Waals surface area contributed by atoms with Crippen molar-refractivity contribution in [2.45, 2.75) is 19.4 Å². The molecule has 9 nitrogen and oxygen atoms in total. The molecule has 0 bridgehead atoms. The van der Waals surface area contributed by atoms with Crippen molar-refractivity contribution in [1.82, 2.24) is 19.4 Å². The van der Waals surface area contributed by atoms with E-state index in [2.05, 4.69) is 21.9 Å². The number of amides is 2. The quantitative estimate of drug-likeness (QED) is 0.375. The van der Waals surface area contributed by atoms with Crippen molar-refractivity contribution in [2.75, 3.05) is 31.2 Å². The van der Waals surface area contributed by atoms with E-state index in [9.17, 15) is 9.59 Å². The second-order valence-electron chi connectivity index (χ2n) is 9.53. The van der Waals surface area contributed by atoms with Gasteiger partial charge < -0.3 is 25.3 Å². The molecule has 3 N–H and O–H groups in total. The summed E-state index contributed by atoms with van der Waals surface area (Å²) in [6.07, 6.45) is 2.38. The van der Waals surface area contributed by atoms with Crippen molar-refractivity contribution in [2.24, 2.45) is 7.05 Å². The Hall–Kier alpha value is -4.50. The van der Waals surface area contributed by atoms with E-state index < -0.39 is 0 Å². The topological polar surface area (TPSA) is 115 Å². The standard InChI is InChI=1S/C29H30N6O3/c1-17(2)28(36)33-21-11-9-19(10-12-21)25-23(24-26(30)31-16-32-27(24)34(25)3)18-5-7-20(8-6-18)29(37)35-14-13-22(15-35)38-4/h5-12,16,22H,1,13-15H2,2-4H3,(H,33,36)(H2,30,31,32)/t22-/m0/s1. The first-order valence-corrected chi connectivity index (χ1v) is 12.4.